The van der Waals surface area contributed by atoms with Crippen molar-refractivity contribution in [3.05, 3.63) is 0 Å². The zero-order valence-electron chi connectivity index (χ0n) is 1.93. The Kier molecular flexibility index (Phi) is 184. The minimum Gasteiger partial charge on any atom is -0.344 e. The quantitative estimate of drug-likeness (QED) is 0.636. The Morgan fingerprint density at radius 3 is 0.500 bits per heavy atom. The summed E-state index contributed by atoms with van der Waals surface area (Å²) in [5.74, 6) is 0. The minimum atomic E-state index is 0. The Morgan fingerprint density at radius 2 is 0.500 bits per heavy atom. The monoisotopic (exact) mass is 311 g/mol. The molecular formula is H3Mo3N. The summed E-state index contributed by atoms with van der Waals surface area (Å²) in [7, 11) is 0. The van der Waals surface area contributed by atoms with Gasteiger partial charge in [0.25, 0.3) is 0 Å². The second-order valence-electron chi connectivity index (χ2n) is 0. The molecule has 0 aromatic rings. The minimum absolute atomic E-state index is 0. The van der Waals surface area contributed by atoms with Crippen molar-refractivity contribution in [2.24, 2.45) is 0 Å². The fraction of sp³-hybridized carbons (Fsp3) is 0. The van der Waals surface area contributed by atoms with Gasteiger partial charge in [0.15, 0.2) is 0 Å². The SMILES string of the molecule is N.[Mo].[Mo].[Mo]. The van der Waals surface area contributed by atoms with Crippen molar-refractivity contribution in [1.29, 1.82) is 0 Å². The van der Waals surface area contributed by atoms with E-state index in [1.807, 2.05) is 0 Å². The zero-order valence-corrected chi connectivity index (χ0v) is 7.95. The van der Waals surface area contributed by atoms with Crippen LogP contribution in [-0.4, -0.2) is 0 Å². The van der Waals surface area contributed by atoms with Gasteiger partial charge in [0.2, 0.25) is 0 Å². The van der Waals surface area contributed by atoms with Gasteiger partial charge in [-0.15, -0.1) is 0 Å². The molecule has 0 aromatic carbocycles. The molecule has 0 bridgehead atoms. The van der Waals surface area contributed by atoms with Crippen LogP contribution >= 0.6 is 0 Å². The summed E-state index contributed by atoms with van der Waals surface area (Å²) in [5, 5.41) is 0. The summed E-state index contributed by atoms with van der Waals surface area (Å²) < 4.78 is 0. The first kappa shape index (κ1) is 37.1. The Hall–Kier alpha value is 2.02. The van der Waals surface area contributed by atoms with Crippen LogP contribution in [0.15, 0.2) is 0 Å². The van der Waals surface area contributed by atoms with Crippen molar-refractivity contribution in [2.75, 3.05) is 0 Å². The molecule has 1 nitrogen and oxygen atoms in total. The third-order valence-electron chi connectivity index (χ3n) is 0. The summed E-state index contributed by atoms with van der Waals surface area (Å²) in [5.41, 5.74) is 0. The third-order valence-corrected chi connectivity index (χ3v) is 0. The predicted molar refractivity (Wildman–Crippen MR) is 5.02 cm³/mol. The van der Waals surface area contributed by atoms with Gasteiger partial charge in [-0.05, 0) is 0 Å². The summed E-state index contributed by atoms with van der Waals surface area (Å²) in [6.07, 6.45) is 0. The Labute approximate surface area is 68.7 Å². The molecule has 0 aliphatic carbocycles. The Morgan fingerprint density at radius 1 is 0.500 bits per heavy atom. The van der Waals surface area contributed by atoms with Crippen LogP contribution in [0.25, 0.3) is 0 Å². The van der Waals surface area contributed by atoms with Crippen LogP contribution < -0.4 is 6.15 Å². The van der Waals surface area contributed by atoms with E-state index in [9.17, 15) is 0 Å². The molecule has 3 N–H and O–H groups in total. The van der Waals surface area contributed by atoms with Gasteiger partial charge in [0, 0.05) is 63.2 Å². The molecule has 4 heavy (non-hydrogen) atoms. The van der Waals surface area contributed by atoms with Crippen molar-refractivity contribution in [1.82, 2.24) is 6.15 Å². The summed E-state index contributed by atoms with van der Waals surface area (Å²) in [6, 6.07) is 0. The van der Waals surface area contributed by atoms with Crippen LogP contribution in [0.4, 0.5) is 0 Å². The van der Waals surface area contributed by atoms with Gasteiger partial charge < -0.3 is 6.15 Å². The Bertz CT molecular complexity index is 3.25. The molecule has 0 rings (SSSR count). The van der Waals surface area contributed by atoms with E-state index in [-0.39, 0.29) is 69.3 Å². The fourth-order valence-electron chi connectivity index (χ4n) is 0. The van der Waals surface area contributed by atoms with E-state index in [0.717, 1.165) is 0 Å². The van der Waals surface area contributed by atoms with Gasteiger partial charge in [-0.3, -0.25) is 0 Å². The molecular weight excluding hydrogens is 302 g/mol. The molecule has 0 radical (unpaired) electrons. The van der Waals surface area contributed by atoms with E-state index >= 15 is 0 Å². The first-order valence-corrected chi connectivity index (χ1v) is 0. The van der Waals surface area contributed by atoms with E-state index in [0.29, 0.717) is 0 Å². The van der Waals surface area contributed by atoms with Gasteiger partial charge in [-0.1, -0.05) is 0 Å². The van der Waals surface area contributed by atoms with Crippen LogP contribution in [0.5, 0.6) is 0 Å². The standard InChI is InChI=1S/3Mo.H3N/h;;;1H3. The molecule has 0 amide bonds. The third kappa shape index (κ3) is 8.98. The Balaban J connectivity index is 0. The van der Waals surface area contributed by atoms with E-state index in [2.05, 4.69) is 0 Å². The number of hydrogen-bond acceptors (Lipinski definition) is 1. The smallest absolute Gasteiger partial charge is 0 e. The van der Waals surface area contributed by atoms with Crippen molar-refractivity contribution in [2.45, 2.75) is 0 Å². The van der Waals surface area contributed by atoms with Crippen molar-refractivity contribution in [3.63, 3.8) is 0 Å². The van der Waals surface area contributed by atoms with Crippen molar-refractivity contribution in [3.8, 4) is 0 Å². The molecule has 0 saturated heterocycles. The van der Waals surface area contributed by atoms with Crippen LogP contribution in [-0.2, 0) is 63.2 Å². The maximum atomic E-state index is 0. The van der Waals surface area contributed by atoms with Crippen molar-refractivity contribution < 1.29 is 63.2 Å². The molecule has 0 aliphatic heterocycles. The van der Waals surface area contributed by atoms with Gasteiger partial charge in [0.05, 0.1) is 0 Å². The van der Waals surface area contributed by atoms with Crippen LogP contribution in [0, 0.1) is 0 Å². The van der Waals surface area contributed by atoms with Gasteiger partial charge >= 0.3 is 0 Å². The number of rotatable bonds is 0. The topological polar surface area (TPSA) is 35.0 Å². The van der Waals surface area contributed by atoms with E-state index in [4.69, 9.17) is 0 Å². The molecule has 0 unspecified atom stereocenters. The van der Waals surface area contributed by atoms with Crippen LogP contribution in [0.2, 0.25) is 0 Å². The predicted octanol–water partition coefficient (Wildman–Crippen LogP) is 0.154. The molecule has 0 heterocycles. The van der Waals surface area contributed by atoms with Crippen molar-refractivity contribution >= 4 is 0 Å². The van der Waals surface area contributed by atoms with E-state index in [1.54, 1.807) is 0 Å². The molecule has 26 valence electrons. The fourth-order valence-corrected chi connectivity index (χ4v) is 0. The molecule has 0 fully saturated rings. The molecule has 0 aliphatic rings. The van der Waals surface area contributed by atoms with Gasteiger partial charge in [-0.25, -0.2) is 0 Å². The average molecular weight is 305 g/mol. The average Bonchev–Trinajstić information content (AvgIpc) is 0. The van der Waals surface area contributed by atoms with Crippen LogP contribution in [0.3, 0.4) is 0 Å². The molecule has 0 atom stereocenters. The summed E-state index contributed by atoms with van der Waals surface area (Å²) in [4.78, 5) is 0. The first-order valence-electron chi connectivity index (χ1n) is 0. The maximum absolute atomic E-state index is 0. The normalized spacial score (nSPS) is 0. The summed E-state index contributed by atoms with van der Waals surface area (Å²) >= 11 is 0. The first-order chi connectivity index (χ1) is 0. The molecule has 0 spiro atoms. The van der Waals surface area contributed by atoms with E-state index in [1.165, 1.54) is 0 Å². The van der Waals surface area contributed by atoms with E-state index < -0.39 is 0 Å². The largest absolute Gasteiger partial charge is 0.344 e. The van der Waals surface area contributed by atoms with Gasteiger partial charge in [-0.2, -0.15) is 0 Å². The number of hydrogen-bond donors (Lipinski definition) is 1. The molecule has 0 saturated carbocycles. The molecule has 4 heteroatoms. The second kappa shape index (κ2) is 19.9. The maximum Gasteiger partial charge on any atom is 0 e. The zero-order chi connectivity index (χ0) is 0. The summed E-state index contributed by atoms with van der Waals surface area (Å²) in [6.45, 7) is 0. The molecule has 0 aromatic heterocycles. The van der Waals surface area contributed by atoms with Crippen LogP contribution in [0.1, 0.15) is 0 Å². The van der Waals surface area contributed by atoms with Gasteiger partial charge in [0.1, 0.15) is 0 Å². The second-order valence-corrected chi connectivity index (χ2v) is 0.